The number of methoxy groups -OCH3 is 2. The second-order valence-corrected chi connectivity index (χ2v) is 6.89. The van der Waals surface area contributed by atoms with E-state index < -0.39 is 11.5 Å². The maximum absolute atomic E-state index is 10.9. The monoisotopic (exact) mass is 329 g/mol. The van der Waals surface area contributed by atoms with Crippen LogP contribution in [-0.2, 0) is 16.6 Å². The second-order valence-electron chi connectivity index (χ2n) is 6.89. The van der Waals surface area contributed by atoms with Crippen LogP contribution in [0.1, 0.15) is 17.5 Å². The Morgan fingerprint density at radius 1 is 1.25 bits per heavy atom. The van der Waals surface area contributed by atoms with E-state index in [0.29, 0.717) is 11.5 Å². The molecule has 0 radical (unpaired) electrons. The first-order chi connectivity index (χ1) is 11.5. The average Bonchev–Trinajstić information content (AvgIpc) is 2.58. The van der Waals surface area contributed by atoms with E-state index in [1.165, 1.54) is 0 Å². The minimum Gasteiger partial charge on any atom is -0.504 e. The second kappa shape index (κ2) is 5.26. The predicted octanol–water partition coefficient (Wildman–Crippen LogP) is 1.73. The number of aliphatic hydroxyl groups excluding tert-OH is 1. The molecular formula is C19H23NO4. The van der Waals surface area contributed by atoms with Gasteiger partial charge in [-0.15, -0.1) is 0 Å². The number of aromatic hydroxyl groups is 1. The first-order valence-electron chi connectivity index (χ1n) is 8.28. The van der Waals surface area contributed by atoms with Gasteiger partial charge < -0.3 is 19.7 Å². The molecule has 1 unspecified atom stereocenters. The minimum atomic E-state index is -0.735. The maximum Gasteiger partial charge on any atom is 0.162 e. The maximum atomic E-state index is 10.9. The van der Waals surface area contributed by atoms with Crippen LogP contribution in [0, 0.1) is 0 Å². The van der Waals surface area contributed by atoms with Crippen molar-refractivity contribution in [1.82, 2.24) is 4.90 Å². The van der Waals surface area contributed by atoms with Crippen molar-refractivity contribution in [2.75, 3.05) is 27.8 Å². The fourth-order valence-electron chi connectivity index (χ4n) is 4.63. The lowest BCUT2D eigenvalue weighted by Crippen LogP contribution is -2.54. The fraction of sp³-hybridized carbons (Fsp3) is 0.474. The Bertz CT molecular complexity index is 754. The molecule has 1 aromatic carbocycles. The molecule has 3 atom stereocenters. The molecule has 128 valence electrons. The van der Waals surface area contributed by atoms with Crippen molar-refractivity contribution < 1.29 is 19.7 Å². The number of hydrogen-bond donors (Lipinski definition) is 2. The molecule has 1 aromatic rings. The molecule has 1 aliphatic heterocycles. The van der Waals surface area contributed by atoms with E-state index in [-0.39, 0.29) is 11.8 Å². The van der Waals surface area contributed by atoms with E-state index in [9.17, 15) is 10.2 Å². The molecule has 5 heteroatoms. The third-order valence-corrected chi connectivity index (χ3v) is 5.82. The van der Waals surface area contributed by atoms with Gasteiger partial charge in [0.05, 0.1) is 14.2 Å². The number of likely N-dealkylation sites (tertiary alicyclic amines) is 1. The molecule has 0 aromatic heterocycles. The number of ether oxygens (including phenoxy) is 2. The van der Waals surface area contributed by atoms with E-state index in [4.69, 9.17) is 9.47 Å². The molecule has 1 fully saturated rings. The van der Waals surface area contributed by atoms with Crippen LogP contribution in [0.4, 0.5) is 0 Å². The standard InChI is InChI=1S/C19H23NO4/c1-20-7-6-19-10-16(24-3)14(21)9-12(19)13(20)8-11-4-5-15(23-2)18(22)17(11)19/h4-5,9-10,13-14,21-22H,6-8H2,1-3H3/t13-,14+,19?/m1/s1. The number of piperidine rings is 1. The molecule has 2 aliphatic carbocycles. The van der Waals surface area contributed by atoms with Gasteiger partial charge in [0.25, 0.3) is 0 Å². The Kier molecular flexibility index (Phi) is 3.41. The quantitative estimate of drug-likeness (QED) is 0.809. The summed E-state index contributed by atoms with van der Waals surface area (Å²) in [5, 5.41) is 21.3. The number of fused-ring (bicyclic) bond motifs is 1. The van der Waals surface area contributed by atoms with E-state index in [1.54, 1.807) is 14.2 Å². The van der Waals surface area contributed by atoms with Crippen molar-refractivity contribution in [3.8, 4) is 11.5 Å². The van der Waals surface area contributed by atoms with Crippen LogP contribution in [0.5, 0.6) is 11.5 Å². The summed E-state index contributed by atoms with van der Waals surface area (Å²) < 4.78 is 10.8. The average molecular weight is 329 g/mol. The smallest absolute Gasteiger partial charge is 0.162 e. The third-order valence-electron chi connectivity index (χ3n) is 5.82. The predicted molar refractivity (Wildman–Crippen MR) is 90.3 cm³/mol. The summed E-state index contributed by atoms with van der Waals surface area (Å²) >= 11 is 0. The Morgan fingerprint density at radius 2 is 2.04 bits per heavy atom. The van der Waals surface area contributed by atoms with E-state index in [2.05, 4.69) is 11.9 Å². The summed E-state index contributed by atoms with van der Waals surface area (Å²) in [5.74, 6) is 1.22. The number of rotatable bonds is 2. The SMILES string of the molecule is COC1=CC23CCN(C)[C@H](Cc4ccc(OC)c(O)c42)C3=C[C@@H]1O. The highest BCUT2D eigenvalue weighted by Crippen LogP contribution is 2.56. The van der Waals surface area contributed by atoms with Crippen molar-refractivity contribution in [1.29, 1.82) is 0 Å². The summed E-state index contributed by atoms with van der Waals surface area (Å²) in [7, 11) is 5.26. The number of aliphatic hydroxyl groups is 1. The van der Waals surface area contributed by atoms with Gasteiger partial charge in [-0.2, -0.15) is 0 Å². The zero-order valence-electron chi connectivity index (χ0n) is 14.2. The van der Waals surface area contributed by atoms with Gasteiger partial charge in [-0.05, 0) is 55.8 Å². The van der Waals surface area contributed by atoms with E-state index >= 15 is 0 Å². The van der Waals surface area contributed by atoms with E-state index in [0.717, 1.165) is 36.1 Å². The fourth-order valence-corrected chi connectivity index (χ4v) is 4.63. The van der Waals surface area contributed by atoms with Gasteiger partial charge in [-0.3, -0.25) is 4.90 Å². The van der Waals surface area contributed by atoms with Crippen molar-refractivity contribution in [3.05, 3.63) is 46.7 Å². The Morgan fingerprint density at radius 3 is 2.75 bits per heavy atom. The zero-order chi connectivity index (χ0) is 17.1. The van der Waals surface area contributed by atoms with Crippen LogP contribution in [-0.4, -0.2) is 55.1 Å². The van der Waals surface area contributed by atoms with Crippen molar-refractivity contribution >= 4 is 0 Å². The topological polar surface area (TPSA) is 62.2 Å². The van der Waals surface area contributed by atoms with Crippen LogP contribution < -0.4 is 4.74 Å². The van der Waals surface area contributed by atoms with Crippen LogP contribution in [0.15, 0.2) is 35.6 Å². The number of phenols is 1. The van der Waals surface area contributed by atoms with Gasteiger partial charge in [-0.1, -0.05) is 6.07 Å². The van der Waals surface area contributed by atoms with Crippen molar-refractivity contribution in [2.24, 2.45) is 0 Å². The number of likely N-dealkylation sites (N-methyl/N-ethyl adjacent to an activating group) is 1. The Balaban J connectivity index is 2.01. The van der Waals surface area contributed by atoms with Gasteiger partial charge in [0.2, 0.25) is 0 Å². The third kappa shape index (κ3) is 1.88. The molecular weight excluding hydrogens is 306 g/mol. The molecule has 4 rings (SSSR count). The highest BCUT2D eigenvalue weighted by atomic mass is 16.5. The first kappa shape index (κ1) is 15.5. The van der Waals surface area contributed by atoms with Crippen molar-refractivity contribution in [2.45, 2.75) is 30.4 Å². The zero-order valence-corrected chi connectivity index (χ0v) is 14.2. The Hall–Kier alpha value is -1.98. The van der Waals surface area contributed by atoms with Gasteiger partial charge in [0.1, 0.15) is 11.9 Å². The largest absolute Gasteiger partial charge is 0.504 e. The summed E-state index contributed by atoms with van der Waals surface area (Å²) in [4.78, 5) is 2.33. The molecule has 2 N–H and O–H groups in total. The summed E-state index contributed by atoms with van der Waals surface area (Å²) in [6.45, 7) is 0.918. The van der Waals surface area contributed by atoms with Crippen molar-refractivity contribution in [3.63, 3.8) is 0 Å². The van der Waals surface area contributed by atoms with Gasteiger partial charge in [0.15, 0.2) is 11.5 Å². The van der Waals surface area contributed by atoms with Crippen LogP contribution in [0.2, 0.25) is 0 Å². The molecule has 1 heterocycles. The number of allylic oxidation sites excluding steroid dienone is 1. The molecule has 3 aliphatic rings. The lowest BCUT2D eigenvalue weighted by molar-refractivity contribution is 0.131. The number of phenolic OH excluding ortho intramolecular Hbond substituents is 1. The van der Waals surface area contributed by atoms with Gasteiger partial charge >= 0.3 is 0 Å². The highest BCUT2D eigenvalue weighted by Gasteiger charge is 2.51. The molecule has 2 bridgehead atoms. The normalized spacial score (nSPS) is 31.5. The first-order valence-corrected chi connectivity index (χ1v) is 8.28. The number of nitrogens with zero attached hydrogens (tertiary/aromatic N) is 1. The molecule has 5 nitrogen and oxygen atoms in total. The number of benzene rings is 1. The summed E-state index contributed by atoms with van der Waals surface area (Å²) in [6.07, 6.45) is 4.82. The Labute approximate surface area is 141 Å². The summed E-state index contributed by atoms with van der Waals surface area (Å²) in [5.41, 5.74) is 2.75. The highest BCUT2D eigenvalue weighted by molar-refractivity contribution is 5.64. The molecule has 0 saturated carbocycles. The molecule has 0 amide bonds. The lowest BCUT2D eigenvalue weighted by atomic mass is 9.58. The van der Waals surface area contributed by atoms with Gasteiger partial charge in [0, 0.05) is 17.0 Å². The molecule has 24 heavy (non-hydrogen) atoms. The minimum absolute atomic E-state index is 0.201. The number of hydrogen-bond acceptors (Lipinski definition) is 5. The van der Waals surface area contributed by atoms with Gasteiger partial charge in [-0.25, -0.2) is 0 Å². The molecule has 0 spiro atoms. The van der Waals surface area contributed by atoms with E-state index in [1.807, 2.05) is 24.3 Å². The van der Waals surface area contributed by atoms with Crippen LogP contribution in [0.3, 0.4) is 0 Å². The lowest BCUT2D eigenvalue weighted by Gasteiger charge is -2.53. The van der Waals surface area contributed by atoms with Crippen LogP contribution in [0.25, 0.3) is 0 Å². The van der Waals surface area contributed by atoms with Crippen LogP contribution >= 0.6 is 0 Å². The summed E-state index contributed by atoms with van der Waals surface area (Å²) in [6, 6.07) is 4.10. The molecule has 1 saturated heterocycles.